The number of benzene rings is 1. The highest BCUT2D eigenvalue weighted by molar-refractivity contribution is 7.53. The highest BCUT2D eigenvalue weighted by Crippen LogP contribution is 2.49. The fraction of sp³-hybridized carbons (Fsp3) is 0.438. The van der Waals surface area contributed by atoms with Crippen LogP contribution >= 0.6 is 7.60 Å². The third-order valence-corrected chi connectivity index (χ3v) is 4.76. The Hall–Kier alpha value is -1.47. The normalized spacial score (nSPS) is 13.1. The summed E-state index contributed by atoms with van der Waals surface area (Å²) in [6, 6.07) is 5.36. The average molecular weight is 326 g/mol. The van der Waals surface area contributed by atoms with Gasteiger partial charge in [0.15, 0.2) is 5.78 Å². The molecule has 0 N–H and O–H groups in total. The molecule has 6 heteroatoms. The van der Waals surface area contributed by atoms with E-state index >= 15 is 0 Å². The molecule has 0 saturated heterocycles. The van der Waals surface area contributed by atoms with E-state index in [1.807, 2.05) is 13.0 Å². The Bertz CT molecular complexity index is 631. The topological polar surface area (TPSA) is 52.6 Å². The van der Waals surface area contributed by atoms with E-state index in [0.717, 1.165) is 11.1 Å². The zero-order valence-corrected chi connectivity index (χ0v) is 13.9. The van der Waals surface area contributed by atoms with Gasteiger partial charge in [-0.15, -0.1) is 4.73 Å². The summed E-state index contributed by atoms with van der Waals surface area (Å²) in [5.41, 5.74) is 2.37. The largest absolute Gasteiger partial charge is 0.363 e. The molecule has 0 aliphatic rings. The van der Waals surface area contributed by atoms with E-state index in [-0.39, 0.29) is 18.6 Å². The van der Waals surface area contributed by atoms with Crippen LogP contribution < -0.4 is 0 Å². The van der Waals surface area contributed by atoms with Crippen molar-refractivity contribution in [2.45, 2.75) is 33.6 Å². The summed E-state index contributed by atoms with van der Waals surface area (Å²) in [5, 5.41) is 0. The first-order valence-electron chi connectivity index (χ1n) is 7.06. The fourth-order valence-electron chi connectivity index (χ4n) is 1.81. The van der Waals surface area contributed by atoms with Crippen LogP contribution in [0.4, 0.5) is 4.53 Å². The molecule has 1 aromatic rings. The van der Waals surface area contributed by atoms with Gasteiger partial charge in [0.1, 0.15) is 0 Å². The first kappa shape index (κ1) is 18.6. The Morgan fingerprint density at radius 3 is 2.73 bits per heavy atom. The van der Waals surface area contributed by atoms with Gasteiger partial charge in [-0.1, -0.05) is 24.0 Å². The van der Waals surface area contributed by atoms with Crippen molar-refractivity contribution in [1.29, 1.82) is 0 Å². The molecule has 22 heavy (non-hydrogen) atoms. The quantitative estimate of drug-likeness (QED) is 0.321. The zero-order valence-electron chi connectivity index (χ0n) is 13.0. The van der Waals surface area contributed by atoms with Gasteiger partial charge in [0.2, 0.25) is 0 Å². The monoisotopic (exact) mass is 326 g/mol. The molecule has 0 saturated carbocycles. The highest BCUT2D eigenvalue weighted by atomic mass is 31.2. The third kappa shape index (κ3) is 5.73. The lowest BCUT2D eigenvalue weighted by Gasteiger charge is -2.10. The Balaban J connectivity index is 2.63. The molecule has 0 spiro atoms. The number of halogens is 1. The number of unbranched alkanes of at least 4 members (excludes halogenated alkanes) is 1. The standard InChI is InChI=1S/C16H20FO4P/c1-4-20-22(19,21-17)11-7-5-6-8-15-12-16(14(3)18)10-9-13(15)2/h9-10,12H,4-5,7,11H2,1-3H3. The number of hydrogen-bond donors (Lipinski definition) is 0. The van der Waals surface area contributed by atoms with Gasteiger partial charge < -0.3 is 4.52 Å². The third-order valence-electron chi connectivity index (χ3n) is 3.03. The van der Waals surface area contributed by atoms with Gasteiger partial charge in [-0.05, 0) is 43.3 Å². The molecule has 4 nitrogen and oxygen atoms in total. The number of aryl methyl sites for hydroxylation is 1. The van der Waals surface area contributed by atoms with E-state index < -0.39 is 7.60 Å². The van der Waals surface area contributed by atoms with Crippen molar-refractivity contribution in [2.75, 3.05) is 12.8 Å². The van der Waals surface area contributed by atoms with Crippen LogP contribution in [0.2, 0.25) is 0 Å². The van der Waals surface area contributed by atoms with E-state index in [9.17, 15) is 13.9 Å². The molecular weight excluding hydrogens is 306 g/mol. The maximum atomic E-state index is 12.2. The molecule has 0 radical (unpaired) electrons. The van der Waals surface area contributed by atoms with Crippen molar-refractivity contribution in [3.05, 3.63) is 34.9 Å². The summed E-state index contributed by atoms with van der Waals surface area (Å²) in [7, 11) is -3.62. The second-order valence-electron chi connectivity index (χ2n) is 4.81. The first-order valence-corrected chi connectivity index (χ1v) is 8.79. The molecule has 1 rings (SSSR count). The van der Waals surface area contributed by atoms with Crippen LogP contribution in [0, 0.1) is 18.8 Å². The second kappa shape index (κ2) is 8.85. The SMILES string of the molecule is CCOP(=O)(CCCC#Cc1cc(C(C)=O)ccc1C)OF. The fourth-order valence-corrected chi connectivity index (χ4v) is 2.99. The maximum Gasteiger partial charge on any atom is 0.363 e. The predicted molar refractivity (Wildman–Crippen MR) is 83.6 cm³/mol. The molecule has 0 aliphatic heterocycles. The Labute approximate surface area is 130 Å². The molecule has 0 amide bonds. The zero-order chi connectivity index (χ0) is 16.6. The molecule has 1 unspecified atom stereocenters. The van der Waals surface area contributed by atoms with Crippen LogP contribution in [0.3, 0.4) is 0 Å². The molecule has 0 heterocycles. The number of ketones is 1. The minimum Gasteiger partial charge on any atom is -0.307 e. The first-order chi connectivity index (χ1) is 10.4. The van der Waals surface area contributed by atoms with E-state index in [0.29, 0.717) is 18.4 Å². The molecule has 1 aromatic carbocycles. The minimum absolute atomic E-state index is 0.0132. The van der Waals surface area contributed by atoms with Crippen LogP contribution in [0.5, 0.6) is 0 Å². The van der Waals surface area contributed by atoms with Gasteiger partial charge in [-0.2, -0.15) is 0 Å². The lowest BCUT2D eigenvalue weighted by atomic mass is 10.0. The van der Waals surface area contributed by atoms with E-state index in [2.05, 4.69) is 16.6 Å². The molecule has 0 bridgehead atoms. The summed E-state index contributed by atoms with van der Waals surface area (Å²) in [4.78, 5) is 11.3. The van der Waals surface area contributed by atoms with Crippen molar-refractivity contribution in [2.24, 2.45) is 0 Å². The number of Topliss-reactive ketones (excluding diaryl/α,β-unsaturated/α-hetero) is 1. The van der Waals surface area contributed by atoms with Crippen molar-refractivity contribution in [3.8, 4) is 11.8 Å². The van der Waals surface area contributed by atoms with Gasteiger partial charge >= 0.3 is 7.60 Å². The molecular formula is C16H20FO4P. The lowest BCUT2D eigenvalue weighted by Crippen LogP contribution is -1.96. The van der Waals surface area contributed by atoms with Gasteiger partial charge in [0.05, 0.1) is 12.8 Å². The Morgan fingerprint density at radius 2 is 2.14 bits per heavy atom. The van der Waals surface area contributed by atoms with E-state index in [4.69, 9.17) is 4.52 Å². The summed E-state index contributed by atoms with van der Waals surface area (Å²) in [6.45, 7) is 5.17. The molecule has 0 fully saturated rings. The predicted octanol–water partition coefficient (Wildman–Crippen LogP) is 4.46. The van der Waals surface area contributed by atoms with Crippen LogP contribution in [0.15, 0.2) is 18.2 Å². The summed E-state index contributed by atoms with van der Waals surface area (Å²) >= 11 is 0. The Morgan fingerprint density at radius 1 is 1.41 bits per heavy atom. The number of rotatable bonds is 7. The Kier molecular flexibility index (Phi) is 7.47. The van der Waals surface area contributed by atoms with Crippen LogP contribution in [0.25, 0.3) is 0 Å². The molecule has 0 aliphatic carbocycles. The second-order valence-corrected chi connectivity index (χ2v) is 6.88. The number of hydrogen-bond acceptors (Lipinski definition) is 4. The highest BCUT2D eigenvalue weighted by Gasteiger charge is 2.24. The van der Waals surface area contributed by atoms with Crippen molar-refractivity contribution in [3.63, 3.8) is 0 Å². The maximum absolute atomic E-state index is 12.2. The minimum atomic E-state index is -3.62. The van der Waals surface area contributed by atoms with Crippen molar-refractivity contribution >= 4 is 13.4 Å². The summed E-state index contributed by atoms with van der Waals surface area (Å²) in [5.74, 6) is 5.90. The van der Waals surface area contributed by atoms with Crippen LogP contribution in [0.1, 0.15) is 48.2 Å². The van der Waals surface area contributed by atoms with Crippen LogP contribution in [-0.4, -0.2) is 18.6 Å². The number of carbonyl (C=O) groups excluding carboxylic acids is 1. The average Bonchev–Trinajstić information content (AvgIpc) is 2.48. The van der Waals surface area contributed by atoms with Gasteiger partial charge in [-0.25, -0.2) is 0 Å². The van der Waals surface area contributed by atoms with Crippen molar-refractivity contribution in [1.82, 2.24) is 0 Å². The lowest BCUT2D eigenvalue weighted by molar-refractivity contribution is -0.0256. The van der Waals surface area contributed by atoms with Crippen LogP contribution in [-0.2, 0) is 13.8 Å². The molecule has 1 atom stereocenters. The van der Waals surface area contributed by atoms with E-state index in [1.165, 1.54) is 6.92 Å². The summed E-state index contributed by atoms with van der Waals surface area (Å²) < 4.78 is 32.1. The van der Waals surface area contributed by atoms with Gasteiger partial charge in [0, 0.05) is 17.5 Å². The molecule has 120 valence electrons. The van der Waals surface area contributed by atoms with Gasteiger partial charge in [-0.3, -0.25) is 9.36 Å². The van der Waals surface area contributed by atoms with Gasteiger partial charge in [0.25, 0.3) is 0 Å². The van der Waals surface area contributed by atoms with E-state index in [1.54, 1.807) is 19.1 Å². The summed E-state index contributed by atoms with van der Waals surface area (Å²) in [6.07, 6.45) is 0.822. The molecule has 0 aromatic heterocycles. The van der Waals surface area contributed by atoms with Crippen molar-refractivity contribution < 1.29 is 23.1 Å². The smallest absolute Gasteiger partial charge is 0.307 e. The number of carbonyl (C=O) groups is 1.